The number of nitrogens with two attached hydrogens (primary N) is 1. The number of benzene rings is 1. The molecule has 1 saturated heterocycles. The number of ether oxygens (including phenoxy) is 1. The molecule has 33 heavy (non-hydrogen) atoms. The Bertz CT molecular complexity index is 996. The molecule has 1 fully saturated rings. The molecule has 8 heteroatoms. The highest BCUT2D eigenvalue weighted by molar-refractivity contribution is 5.83. The van der Waals surface area contributed by atoms with Gasteiger partial charge < -0.3 is 20.5 Å². The van der Waals surface area contributed by atoms with Gasteiger partial charge in [0.1, 0.15) is 17.7 Å². The Hall–Kier alpha value is -3.44. The Morgan fingerprint density at radius 1 is 1.21 bits per heavy atom. The molecule has 8 nitrogen and oxygen atoms in total. The summed E-state index contributed by atoms with van der Waals surface area (Å²) in [7, 11) is 0. The third kappa shape index (κ3) is 7.02. The van der Waals surface area contributed by atoms with Crippen LogP contribution in [0.4, 0.5) is 0 Å². The number of aliphatic carboxylic acids is 1. The van der Waals surface area contributed by atoms with Crippen LogP contribution in [0.25, 0.3) is 11.1 Å². The number of carbonyl (C=O) groups is 2. The van der Waals surface area contributed by atoms with Gasteiger partial charge in [0.05, 0.1) is 12.0 Å². The number of carbonyl (C=O) groups excluding carboxylic acids is 1. The van der Waals surface area contributed by atoms with E-state index in [2.05, 4.69) is 28.9 Å². The lowest BCUT2D eigenvalue weighted by atomic mass is 10.1. The maximum Gasteiger partial charge on any atom is 0.308 e. The first kappa shape index (κ1) is 24.2. The summed E-state index contributed by atoms with van der Waals surface area (Å²) in [6.07, 6.45) is 11.0. The summed E-state index contributed by atoms with van der Waals surface area (Å²) >= 11 is 0. The van der Waals surface area contributed by atoms with Gasteiger partial charge in [0.25, 0.3) is 0 Å². The lowest BCUT2D eigenvalue weighted by molar-refractivity contribution is -0.141. The van der Waals surface area contributed by atoms with Crippen LogP contribution in [0.5, 0.6) is 5.75 Å². The van der Waals surface area contributed by atoms with Crippen LogP contribution in [0.3, 0.4) is 0 Å². The van der Waals surface area contributed by atoms with Crippen molar-refractivity contribution in [3.05, 3.63) is 42.5 Å². The van der Waals surface area contributed by atoms with Crippen molar-refractivity contribution in [3.8, 4) is 28.9 Å². The molecule has 1 aromatic carbocycles. The number of likely N-dealkylation sites (tertiary alicyclic amines) is 1. The van der Waals surface area contributed by atoms with Crippen LogP contribution in [0.15, 0.2) is 36.7 Å². The number of carboxylic acid groups (broad SMARTS) is 1. The van der Waals surface area contributed by atoms with E-state index >= 15 is 0 Å². The first-order chi connectivity index (χ1) is 16.0. The van der Waals surface area contributed by atoms with Gasteiger partial charge >= 0.3 is 5.97 Å². The van der Waals surface area contributed by atoms with Crippen LogP contribution >= 0.6 is 0 Å². The van der Waals surface area contributed by atoms with E-state index in [0.717, 1.165) is 24.0 Å². The molecule has 0 spiro atoms. The minimum Gasteiger partial charge on any atom is -0.481 e. The van der Waals surface area contributed by atoms with Gasteiger partial charge in [0, 0.05) is 43.9 Å². The Balaban J connectivity index is 1.51. The van der Waals surface area contributed by atoms with Gasteiger partial charge in [0.15, 0.2) is 0 Å². The van der Waals surface area contributed by atoms with Crippen molar-refractivity contribution in [2.24, 2.45) is 11.7 Å². The molecule has 0 saturated carbocycles. The fourth-order valence-electron chi connectivity index (χ4n) is 3.61. The number of hydrogen-bond acceptors (Lipinski definition) is 6. The minimum atomic E-state index is -0.882. The number of amides is 1. The third-order valence-electron chi connectivity index (χ3n) is 5.61. The first-order valence-electron chi connectivity index (χ1n) is 11.3. The Labute approximate surface area is 194 Å². The van der Waals surface area contributed by atoms with Crippen molar-refractivity contribution in [2.45, 2.75) is 51.5 Å². The summed E-state index contributed by atoms with van der Waals surface area (Å²) in [5, 5.41) is 9.09. The molecule has 1 aliphatic heterocycles. The zero-order chi connectivity index (χ0) is 23.6. The normalized spacial score (nSPS) is 16.1. The average molecular weight is 451 g/mol. The van der Waals surface area contributed by atoms with E-state index in [1.54, 1.807) is 12.4 Å². The Morgan fingerprint density at radius 2 is 1.94 bits per heavy atom. The first-order valence-corrected chi connectivity index (χ1v) is 11.3. The van der Waals surface area contributed by atoms with Crippen LogP contribution < -0.4 is 10.5 Å². The molecule has 1 aliphatic rings. The highest BCUT2D eigenvalue weighted by atomic mass is 16.5. The number of unbranched alkanes of at least 4 members (excludes halogenated alkanes) is 3. The molecule has 0 aliphatic carbocycles. The summed E-state index contributed by atoms with van der Waals surface area (Å²) in [5.41, 5.74) is 7.81. The summed E-state index contributed by atoms with van der Waals surface area (Å²) in [6.45, 7) is 2.77. The van der Waals surface area contributed by atoms with Gasteiger partial charge in [-0.3, -0.25) is 9.59 Å². The number of hydrogen-bond donors (Lipinski definition) is 2. The van der Waals surface area contributed by atoms with Gasteiger partial charge in [-0.25, -0.2) is 9.97 Å². The Morgan fingerprint density at radius 3 is 2.58 bits per heavy atom. The molecule has 2 aromatic rings. The van der Waals surface area contributed by atoms with Gasteiger partial charge in [-0.1, -0.05) is 37.8 Å². The standard InChI is InChI=1S/C25H30N4O4/c1-2-3-4-5-6-13-33-21-9-7-18(8-10-21)20-15-27-23(28-16-20)14-22(26)24(30)29-12-11-19(17-29)25(31)32/h7-10,15-16,19,22H,2-5,11-12,14,17,26H2,1H3,(H,31,32). The minimum absolute atomic E-state index is 0.192. The number of carboxylic acids is 1. The fraction of sp³-hybridized carbons (Fsp3) is 0.440. The molecule has 174 valence electrons. The molecule has 1 aromatic heterocycles. The van der Waals surface area contributed by atoms with Crippen LogP contribution in [-0.4, -0.2) is 51.0 Å². The summed E-state index contributed by atoms with van der Waals surface area (Å²) in [5.74, 6) is 2.48. The molecule has 1 amide bonds. The summed E-state index contributed by atoms with van der Waals surface area (Å²) in [6, 6.07) is 6.71. The van der Waals surface area contributed by atoms with E-state index in [1.807, 2.05) is 24.3 Å². The van der Waals surface area contributed by atoms with Gasteiger partial charge in [-0.05, 0) is 30.5 Å². The lowest BCUT2D eigenvalue weighted by Crippen LogP contribution is -2.44. The van der Waals surface area contributed by atoms with Crippen LogP contribution in [0.2, 0.25) is 0 Å². The number of nitrogens with zero attached hydrogens (tertiary/aromatic N) is 3. The predicted octanol–water partition coefficient (Wildman–Crippen LogP) is 2.87. The monoisotopic (exact) mass is 450 g/mol. The zero-order valence-electron chi connectivity index (χ0n) is 18.9. The smallest absolute Gasteiger partial charge is 0.308 e. The summed E-state index contributed by atoms with van der Waals surface area (Å²) in [4.78, 5) is 33.8. The number of rotatable bonds is 9. The Kier molecular flexibility index (Phi) is 8.79. The topological polar surface area (TPSA) is 119 Å². The highest BCUT2D eigenvalue weighted by Gasteiger charge is 2.33. The molecular formula is C25H30N4O4. The SMILES string of the molecule is CCCCCC#COc1ccc(-c2cnc(CC(N)C(=O)N3CCC(C(=O)O)C3)nc2)cc1. The maximum atomic E-state index is 12.5. The van der Waals surface area contributed by atoms with Crippen molar-refractivity contribution in [1.29, 1.82) is 0 Å². The molecular weight excluding hydrogens is 420 g/mol. The van der Waals surface area contributed by atoms with E-state index in [4.69, 9.17) is 15.6 Å². The highest BCUT2D eigenvalue weighted by Crippen LogP contribution is 2.22. The van der Waals surface area contributed by atoms with Gasteiger partial charge in [-0.15, -0.1) is 0 Å². The quantitative estimate of drug-likeness (QED) is 0.445. The van der Waals surface area contributed by atoms with E-state index in [1.165, 1.54) is 17.7 Å². The molecule has 0 radical (unpaired) electrons. The van der Waals surface area contributed by atoms with E-state index in [-0.39, 0.29) is 18.9 Å². The average Bonchev–Trinajstić information content (AvgIpc) is 3.32. The van der Waals surface area contributed by atoms with Crippen molar-refractivity contribution >= 4 is 11.9 Å². The molecule has 3 N–H and O–H groups in total. The van der Waals surface area contributed by atoms with E-state index in [0.29, 0.717) is 24.5 Å². The lowest BCUT2D eigenvalue weighted by Gasteiger charge is -2.20. The van der Waals surface area contributed by atoms with Crippen molar-refractivity contribution in [1.82, 2.24) is 14.9 Å². The number of aromatic nitrogens is 2. The van der Waals surface area contributed by atoms with Crippen molar-refractivity contribution in [3.63, 3.8) is 0 Å². The fourth-order valence-corrected chi connectivity index (χ4v) is 3.61. The van der Waals surface area contributed by atoms with E-state index in [9.17, 15) is 9.59 Å². The van der Waals surface area contributed by atoms with Crippen LogP contribution in [0, 0.1) is 17.9 Å². The largest absolute Gasteiger partial charge is 0.481 e. The third-order valence-corrected chi connectivity index (χ3v) is 5.61. The van der Waals surface area contributed by atoms with E-state index < -0.39 is 17.9 Å². The van der Waals surface area contributed by atoms with Crippen LogP contribution in [-0.2, 0) is 16.0 Å². The summed E-state index contributed by atoms with van der Waals surface area (Å²) < 4.78 is 5.45. The molecule has 2 heterocycles. The van der Waals surface area contributed by atoms with Crippen molar-refractivity contribution in [2.75, 3.05) is 13.1 Å². The van der Waals surface area contributed by atoms with Crippen LogP contribution in [0.1, 0.15) is 44.9 Å². The molecule has 3 rings (SSSR count). The second-order valence-corrected chi connectivity index (χ2v) is 8.17. The van der Waals surface area contributed by atoms with Crippen molar-refractivity contribution < 1.29 is 19.4 Å². The molecule has 2 unspecified atom stereocenters. The van der Waals surface area contributed by atoms with Gasteiger partial charge in [-0.2, -0.15) is 0 Å². The maximum absolute atomic E-state index is 12.5. The molecule has 0 bridgehead atoms. The van der Waals surface area contributed by atoms with Gasteiger partial charge in [0.2, 0.25) is 5.91 Å². The molecule has 2 atom stereocenters. The predicted molar refractivity (Wildman–Crippen MR) is 124 cm³/mol. The second kappa shape index (κ2) is 12.0. The second-order valence-electron chi connectivity index (χ2n) is 8.17. The zero-order valence-corrected chi connectivity index (χ0v) is 18.9.